The number of carbonyl (C=O) groups excluding carboxylic acids is 1. The molecular weight excluding hydrogens is 744 g/mol. The minimum atomic E-state index is -6.10. The van der Waals surface area contributed by atoms with Crippen LogP contribution in [0.1, 0.15) is 22.1 Å². The van der Waals surface area contributed by atoms with E-state index in [1.54, 1.807) is 6.07 Å². The lowest BCUT2D eigenvalue weighted by Crippen LogP contribution is -2.40. The van der Waals surface area contributed by atoms with Gasteiger partial charge in [0, 0.05) is 12.3 Å². The van der Waals surface area contributed by atoms with Gasteiger partial charge in [-0.3, -0.25) is 23.4 Å². The van der Waals surface area contributed by atoms with Gasteiger partial charge >= 0.3 is 42.7 Å². The number of nitrogens with one attached hydrogen (secondary N) is 1. The summed E-state index contributed by atoms with van der Waals surface area (Å²) in [5.41, 5.74) is -1.72. The van der Waals surface area contributed by atoms with Crippen molar-refractivity contribution in [1.82, 2.24) is 9.55 Å². The monoisotopic (exact) mass is 772 g/mol. The number of benzene rings is 2. The number of H-pyrrole nitrogens is 1. The third kappa shape index (κ3) is 10.9. The van der Waals surface area contributed by atoms with E-state index in [0.29, 0.717) is 5.75 Å². The molecule has 21 nitrogen and oxygen atoms in total. The molecule has 268 valence electrons. The number of rotatable bonds is 15. The SMILES string of the molecule is COc1ccc(CP(=O)(O)OP(=O)(O)OP(=O)(O)OP(=O)(O)OC[C@H]2O[C@@H](n3ccc(=O)[nH]c3=O)[C@H](OC(=O)c3ccccc3)[C@@H]2O)cc1. The fourth-order valence-electron chi connectivity index (χ4n) is 4.23. The molecule has 4 unspecified atom stereocenters. The second-order valence-electron chi connectivity index (χ2n) is 9.90. The molecule has 0 amide bonds. The largest absolute Gasteiger partial charge is 0.497 e. The molecule has 49 heavy (non-hydrogen) atoms. The quantitative estimate of drug-likeness (QED) is 0.0947. The number of aliphatic hydroxyl groups is 1. The summed E-state index contributed by atoms with van der Waals surface area (Å²) in [4.78, 5) is 78.4. The van der Waals surface area contributed by atoms with Crippen LogP contribution in [0, 0.1) is 0 Å². The number of phosphoric acid groups is 3. The molecule has 1 aliphatic rings. The first-order chi connectivity index (χ1) is 22.8. The number of carbonyl (C=O) groups is 1. The normalized spacial score (nSPS) is 24.1. The van der Waals surface area contributed by atoms with Crippen molar-refractivity contribution in [2.24, 2.45) is 0 Å². The van der Waals surface area contributed by atoms with Crippen LogP contribution in [0.15, 0.2) is 76.4 Å². The Morgan fingerprint density at radius 3 is 2.10 bits per heavy atom. The minimum Gasteiger partial charge on any atom is -0.497 e. The molecule has 0 bridgehead atoms. The summed E-state index contributed by atoms with van der Waals surface area (Å²) in [6.45, 7) is -1.18. The second-order valence-corrected chi connectivity index (χ2v) is 16.5. The van der Waals surface area contributed by atoms with Crippen LogP contribution in [0.2, 0.25) is 0 Å². The summed E-state index contributed by atoms with van der Waals surface area (Å²) in [5.74, 6) is -0.606. The standard InChI is InChI=1S/C24H28N2O19P4/c1-39-17-9-7-15(8-10-17)14-46(31,32)43-48(35,36)45-49(37,38)44-47(33,34)40-13-18-20(28)21(42-23(29)16-5-3-2-4-6-16)22(41-18)26-12-11-19(27)25-24(26)30/h2-12,18,20-22,28H,13-14H2,1H3,(H,31,32)(H,33,34)(H,35,36)(H,37,38)(H,25,27,30)/t18-,20-,21-,22-/m1/s1. The molecule has 2 aromatic carbocycles. The number of aromatic nitrogens is 2. The lowest BCUT2D eigenvalue weighted by molar-refractivity contribution is -0.0597. The molecule has 1 aliphatic heterocycles. The number of hydrogen-bond donors (Lipinski definition) is 6. The molecular formula is C24H28N2O19P4. The van der Waals surface area contributed by atoms with Crippen molar-refractivity contribution in [3.05, 3.63) is 98.8 Å². The maximum atomic E-state index is 12.7. The summed E-state index contributed by atoms with van der Waals surface area (Å²) in [6.07, 6.45) is -6.94. The van der Waals surface area contributed by atoms with Crippen LogP contribution in [0.4, 0.5) is 0 Å². The third-order valence-electron chi connectivity index (χ3n) is 6.28. The fourth-order valence-corrected chi connectivity index (χ4v) is 9.81. The van der Waals surface area contributed by atoms with Gasteiger partial charge in [0.05, 0.1) is 25.4 Å². The summed E-state index contributed by atoms with van der Waals surface area (Å²) in [5, 5.41) is 10.9. The third-order valence-corrected chi connectivity index (χ3v) is 12.7. The van der Waals surface area contributed by atoms with Gasteiger partial charge < -0.3 is 38.9 Å². The second kappa shape index (κ2) is 15.4. The molecule has 6 N–H and O–H groups in total. The molecule has 25 heteroatoms. The van der Waals surface area contributed by atoms with Crippen molar-refractivity contribution in [2.75, 3.05) is 13.7 Å². The van der Waals surface area contributed by atoms with E-state index < -0.39 is 85.6 Å². The molecule has 0 aliphatic carbocycles. The zero-order valence-electron chi connectivity index (χ0n) is 24.8. The van der Waals surface area contributed by atoms with Gasteiger partial charge in [0.15, 0.2) is 12.3 Å². The van der Waals surface area contributed by atoms with E-state index in [-0.39, 0.29) is 11.1 Å². The highest BCUT2D eigenvalue weighted by Gasteiger charge is 2.50. The highest BCUT2D eigenvalue weighted by Crippen LogP contribution is 2.71. The highest BCUT2D eigenvalue weighted by molar-refractivity contribution is 7.70. The van der Waals surface area contributed by atoms with E-state index in [0.717, 1.165) is 16.8 Å². The van der Waals surface area contributed by atoms with Crippen LogP contribution in [0.3, 0.4) is 0 Å². The Morgan fingerprint density at radius 2 is 1.49 bits per heavy atom. The fraction of sp³-hybridized carbons (Fsp3) is 0.292. The first-order valence-corrected chi connectivity index (χ1v) is 19.7. The van der Waals surface area contributed by atoms with Crippen LogP contribution >= 0.6 is 31.1 Å². The van der Waals surface area contributed by atoms with Gasteiger partial charge in [-0.25, -0.2) is 27.6 Å². The Balaban J connectivity index is 1.42. The number of methoxy groups -OCH3 is 1. The Kier molecular flexibility index (Phi) is 12.2. The molecule has 0 saturated carbocycles. The number of phosphoric ester groups is 1. The van der Waals surface area contributed by atoms with Crippen LogP contribution < -0.4 is 16.0 Å². The zero-order chi connectivity index (χ0) is 36.2. The Morgan fingerprint density at radius 1 is 0.878 bits per heavy atom. The Bertz CT molecular complexity index is 1950. The van der Waals surface area contributed by atoms with Gasteiger partial charge in [0.25, 0.3) is 5.56 Å². The molecule has 3 aromatic rings. The molecule has 1 aromatic heterocycles. The van der Waals surface area contributed by atoms with Gasteiger partial charge in [0.1, 0.15) is 18.0 Å². The maximum Gasteiger partial charge on any atom is 0.490 e. The van der Waals surface area contributed by atoms with Crippen molar-refractivity contribution in [2.45, 2.75) is 30.7 Å². The van der Waals surface area contributed by atoms with E-state index in [1.165, 1.54) is 55.6 Å². The lowest BCUT2D eigenvalue weighted by Gasteiger charge is -2.22. The van der Waals surface area contributed by atoms with E-state index in [4.69, 9.17) is 14.2 Å². The number of ether oxygens (including phenoxy) is 3. The first kappa shape index (κ1) is 38.7. The number of nitrogens with zero attached hydrogens (tertiary/aromatic N) is 1. The number of aliphatic hydroxyl groups excluding tert-OH is 1. The Hall–Kier alpha value is -3.09. The van der Waals surface area contributed by atoms with Crippen molar-refractivity contribution < 1.29 is 79.4 Å². The van der Waals surface area contributed by atoms with Crippen molar-refractivity contribution in [3.8, 4) is 5.75 Å². The summed E-state index contributed by atoms with van der Waals surface area (Å²) < 4.78 is 82.6. The van der Waals surface area contributed by atoms with Crippen LogP contribution in [0.5, 0.6) is 5.75 Å². The smallest absolute Gasteiger partial charge is 0.490 e. The predicted molar refractivity (Wildman–Crippen MR) is 162 cm³/mol. The van der Waals surface area contributed by atoms with Crippen molar-refractivity contribution >= 4 is 37.0 Å². The predicted octanol–water partition coefficient (Wildman–Crippen LogP) is 1.78. The van der Waals surface area contributed by atoms with Gasteiger partial charge in [0.2, 0.25) is 0 Å². The molecule has 1 fully saturated rings. The minimum absolute atomic E-state index is 0.0253. The molecule has 0 spiro atoms. The van der Waals surface area contributed by atoms with Gasteiger partial charge in [-0.2, -0.15) is 8.62 Å². The average Bonchev–Trinajstić information content (AvgIpc) is 3.29. The van der Waals surface area contributed by atoms with E-state index in [9.17, 15) is 57.3 Å². The number of esters is 1. The lowest BCUT2D eigenvalue weighted by atomic mass is 10.1. The van der Waals surface area contributed by atoms with Crippen molar-refractivity contribution in [3.63, 3.8) is 0 Å². The van der Waals surface area contributed by atoms with E-state index >= 15 is 0 Å². The molecule has 1 saturated heterocycles. The molecule has 0 radical (unpaired) electrons. The highest BCUT2D eigenvalue weighted by atomic mass is 31.3. The van der Waals surface area contributed by atoms with E-state index in [1.807, 2.05) is 4.98 Å². The summed E-state index contributed by atoms with van der Waals surface area (Å²) in [7, 11) is -21.5. The van der Waals surface area contributed by atoms with Crippen molar-refractivity contribution in [1.29, 1.82) is 0 Å². The zero-order valence-corrected chi connectivity index (χ0v) is 28.3. The number of aromatic amines is 1. The summed E-state index contributed by atoms with van der Waals surface area (Å²) >= 11 is 0. The van der Waals surface area contributed by atoms with Crippen LogP contribution in [0.25, 0.3) is 0 Å². The molecule has 4 rings (SSSR count). The topological polar surface area (TPSA) is 306 Å². The Labute approximate surface area is 274 Å². The van der Waals surface area contributed by atoms with Crippen LogP contribution in [-0.2, 0) is 51.4 Å². The molecule has 2 heterocycles. The van der Waals surface area contributed by atoms with Gasteiger partial charge in [-0.1, -0.05) is 30.3 Å². The van der Waals surface area contributed by atoms with Gasteiger partial charge in [-0.15, -0.1) is 0 Å². The first-order valence-electron chi connectivity index (χ1n) is 13.4. The van der Waals surface area contributed by atoms with Crippen LogP contribution in [-0.4, -0.2) is 72.2 Å². The average molecular weight is 772 g/mol. The number of hydrogen-bond acceptors (Lipinski definition) is 15. The molecule has 8 atom stereocenters. The van der Waals surface area contributed by atoms with Gasteiger partial charge in [-0.05, 0) is 29.8 Å². The maximum absolute atomic E-state index is 12.7. The summed E-state index contributed by atoms with van der Waals surface area (Å²) in [6, 6.07) is 13.7. The van der Waals surface area contributed by atoms with E-state index in [2.05, 4.69) is 17.5 Å².